The van der Waals surface area contributed by atoms with Gasteiger partial charge in [0.05, 0.1) is 0 Å². The van der Waals surface area contributed by atoms with Crippen LogP contribution in [0, 0.1) is 6.92 Å². The van der Waals surface area contributed by atoms with Crippen LogP contribution in [0.4, 0.5) is 5.69 Å². The minimum Gasteiger partial charge on any atom is -0.369 e. The summed E-state index contributed by atoms with van der Waals surface area (Å²) in [4.78, 5) is 2.65. The van der Waals surface area contributed by atoms with Gasteiger partial charge in [0.15, 0.2) is 0 Å². The molecule has 1 atom stereocenters. The van der Waals surface area contributed by atoms with E-state index in [2.05, 4.69) is 42.3 Å². The highest BCUT2D eigenvalue weighted by atomic mass is 15.2. The first-order chi connectivity index (χ1) is 9.74. The number of nitrogens with one attached hydrogen (secondary N) is 1. The van der Waals surface area contributed by atoms with E-state index in [9.17, 15) is 0 Å². The molecule has 2 fully saturated rings. The second-order valence-electron chi connectivity index (χ2n) is 6.68. The second kappa shape index (κ2) is 6.17. The van der Waals surface area contributed by atoms with Crippen LogP contribution >= 0.6 is 0 Å². The van der Waals surface area contributed by atoms with E-state index in [1.165, 1.54) is 61.9 Å². The molecular formula is C18H28N2. The molecule has 0 amide bonds. The molecule has 0 aromatic heterocycles. The molecule has 1 aliphatic carbocycles. The minimum absolute atomic E-state index is 0.680. The third kappa shape index (κ3) is 3.35. The third-order valence-corrected chi connectivity index (χ3v) is 4.76. The highest BCUT2D eigenvalue weighted by molar-refractivity contribution is 5.56. The van der Waals surface area contributed by atoms with Crippen LogP contribution in [-0.2, 0) is 6.54 Å². The smallest absolute Gasteiger partial charge is 0.0414 e. The van der Waals surface area contributed by atoms with Crippen molar-refractivity contribution >= 4 is 5.69 Å². The third-order valence-electron chi connectivity index (χ3n) is 4.76. The van der Waals surface area contributed by atoms with Gasteiger partial charge in [0.25, 0.3) is 0 Å². The molecule has 0 spiro atoms. The van der Waals surface area contributed by atoms with Crippen LogP contribution in [0.15, 0.2) is 18.2 Å². The Labute approximate surface area is 123 Å². The lowest BCUT2D eigenvalue weighted by Gasteiger charge is -2.31. The van der Waals surface area contributed by atoms with Crippen LogP contribution in [0.2, 0.25) is 0 Å². The van der Waals surface area contributed by atoms with Crippen molar-refractivity contribution in [2.45, 2.75) is 71.0 Å². The fourth-order valence-electron chi connectivity index (χ4n) is 3.31. The Morgan fingerprint density at radius 3 is 2.80 bits per heavy atom. The number of aryl methyl sites for hydroxylation is 1. The van der Waals surface area contributed by atoms with Gasteiger partial charge in [-0.2, -0.15) is 0 Å². The molecule has 1 saturated heterocycles. The Morgan fingerprint density at radius 1 is 1.15 bits per heavy atom. The van der Waals surface area contributed by atoms with E-state index in [1.807, 2.05) is 0 Å². The van der Waals surface area contributed by atoms with E-state index in [4.69, 9.17) is 0 Å². The number of anilines is 1. The summed E-state index contributed by atoms with van der Waals surface area (Å²) in [5.74, 6) is 0. The van der Waals surface area contributed by atoms with Gasteiger partial charge in [-0.15, -0.1) is 0 Å². The summed E-state index contributed by atoms with van der Waals surface area (Å²) in [7, 11) is 0. The molecule has 1 aromatic rings. The van der Waals surface area contributed by atoms with Gasteiger partial charge in [0, 0.05) is 30.9 Å². The van der Waals surface area contributed by atoms with Crippen molar-refractivity contribution in [3.63, 3.8) is 0 Å². The van der Waals surface area contributed by atoms with Gasteiger partial charge >= 0.3 is 0 Å². The predicted molar refractivity (Wildman–Crippen MR) is 86.3 cm³/mol. The van der Waals surface area contributed by atoms with Crippen molar-refractivity contribution in [2.24, 2.45) is 0 Å². The topological polar surface area (TPSA) is 15.3 Å². The van der Waals surface area contributed by atoms with Gasteiger partial charge in [0.1, 0.15) is 0 Å². The maximum atomic E-state index is 3.68. The molecule has 0 bridgehead atoms. The Balaban J connectivity index is 1.81. The maximum Gasteiger partial charge on any atom is 0.0414 e. The first-order valence-corrected chi connectivity index (χ1v) is 8.33. The summed E-state index contributed by atoms with van der Waals surface area (Å²) in [6.07, 6.45) is 8.18. The van der Waals surface area contributed by atoms with Crippen molar-refractivity contribution in [2.75, 3.05) is 11.4 Å². The van der Waals surface area contributed by atoms with Crippen LogP contribution in [0.25, 0.3) is 0 Å². The molecule has 110 valence electrons. The normalized spacial score (nSPS) is 23.7. The van der Waals surface area contributed by atoms with Crippen LogP contribution in [0.1, 0.15) is 56.6 Å². The van der Waals surface area contributed by atoms with Gasteiger partial charge in [-0.1, -0.05) is 30.5 Å². The summed E-state index contributed by atoms with van der Waals surface area (Å²) < 4.78 is 0. The van der Waals surface area contributed by atoms with Crippen LogP contribution in [0.3, 0.4) is 0 Å². The molecule has 1 N–H and O–H groups in total. The Morgan fingerprint density at radius 2 is 2.00 bits per heavy atom. The van der Waals surface area contributed by atoms with Crippen molar-refractivity contribution in [1.82, 2.24) is 5.32 Å². The molecule has 1 aromatic carbocycles. The van der Waals surface area contributed by atoms with Crippen molar-refractivity contribution in [3.05, 3.63) is 29.3 Å². The summed E-state index contributed by atoms with van der Waals surface area (Å²) >= 11 is 0. The molecule has 3 rings (SSSR count). The monoisotopic (exact) mass is 272 g/mol. The molecule has 2 aliphatic rings. The Bertz CT molecular complexity index is 451. The van der Waals surface area contributed by atoms with E-state index in [-0.39, 0.29) is 0 Å². The Kier molecular flexibility index (Phi) is 4.30. The fourth-order valence-corrected chi connectivity index (χ4v) is 3.31. The summed E-state index contributed by atoms with van der Waals surface area (Å²) in [6.45, 7) is 6.85. The van der Waals surface area contributed by atoms with Gasteiger partial charge in [0.2, 0.25) is 0 Å². The van der Waals surface area contributed by atoms with Crippen molar-refractivity contribution in [1.29, 1.82) is 0 Å². The summed E-state index contributed by atoms with van der Waals surface area (Å²) in [5, 5.41) is 3.68. The lowest BCUT2D eigenvalue weighted by molar-refractivity contribution is 0.610. The molecule has 1 saturated carbocycles. The number of hydrogen-bond donors (Lipinski definition) is 1. The zero-order valence-electron chi connectivity index (χ0n) is 13.0. The number of rotatable bonds is 4. The molecule has 2 heteroatoms. The minimum atomic E-state index is 0.680. The average molecular weight is 272 g/mol. The molecular weight excluding hydrogens is 244 g/mol. The van der Waals surface area contributed by atoms with Gasteiger partial charge in [-0.25, -0.2) is 0 Å². The number of benzene rings is 1. The lowest BCUT2D eigenvalue weighted by atomic mass is 10.1. The lowest BCUT2D eigenvalue weighted by Crippen LogP contribution is -2.33. The van der Waals surface area contributed by atoms with E-state index < -0.39 is 0 Å². The van der Waals surface area contributed by atoms with Crippen LogP contribution < -0.4 is 10.2 Å². The maximum absolute atomic E-state index is 3.68. The second-order valence-corrected chi connectivity index (χ2v) is 6.68. The quantitative estimate of drug-likeness (QED) is 0.890. The molecule has 0 radical (unpaired) electrons. The molecule has 1 aliphatic heterocycles. The first-order valence-electron chi connectivity index (χ1n) is 8.33. The number of hydrogen-bond acceptors (Lipinski definition) is 2. The molecule has 1 unspecified atom stereocenters. The Hall–Kier alpha value is -1.02. The summed E-state index contributed by atoms with van der Waals surface area (Å²) in [6, 6.07) is 8.46. The van der Waals surface area contributed by atoms with Crippen LogP contribution in [0.5, 0.6) is 0 Å². The zero-order chi connectivity index (χ0) is 13.9. The van der Waals surface area contributed by atoms with E-state index in [1.54, 1.807) is 0 Å². The van der Waals surface area contributed by atoms with Gasteiger partial charge < -0.3 is 10.2 Å². The van der Waals surface area contributed by atoms with Crippen LogP contribution in [-0.4, -0.2) is 18.6 Å². The highest BCUT2D eigenvalue weighted by Crippen LogP contribution is 2.29. The standard InChI is InChI=1S/C18H28N2/c1-14-7-10-18(16(12-14)13-19-17-8-9-17)20-11-5-3-4-6-15(20)2/h7,10,12,15,17,19H,3-6,8-9,11,13H2,1-2H3. The molecule has 1 heterocycles. The fraction of sp³-hybridized carbons (Fsp3) is 0.667. The van der Waals surface area contributed by atoms with Crippen molar-refractivity contribution < 1.29 is 0 Å². The highest BCUT2D eigenvalue weighted by Gasteiger charge is 2.23. The summed E-state index contributed by atoms with van der Waals surface area (Å²) in [5.41, 5.74) is 4.34. The van der Waals surface area contributed by atoms with Gasteiger partial charge in [-0.05, 0) is 51.2 Å². The van der Waals surface area contributed by atoms with E-state index >= 15 is 0 Å². The SMILES string of the molecule is Cc1ccc(N2CCCCCC2C)c(CNC2CC2)c1. The molecule has 20 heavy (non-hydrogen) atoms. The van der Waals surface area contributed by atoms with Crippen molar-refractivity contribution in [3.8, 4) is 0 Å². The van der Waals surface area contributed by atoms with E-state index in [0.717, 1.165) is 12.6 Å². The van der Waals surface area contributed by atoms with E-state index in [0.29, 0.717) is 6.04 Å². The van der Waals surface area contributed by atoms with Gasteiger partial charge in [-0.3, -0.25) is 0 Å². The number of nitrogens with zero attached hydrogens (tertiary/aromatic N) is 1. The predicted octanol–water partition coefficient (Wildman–Crippen LogP) is 4.02. The average Bonchev–Trinajstić information content (AvgIpc) is 3.25. The molecule has 2 nitrogen and oxygen atoms in total. The largest absolute Gasteiger partial charge is 0.369 e. The zero-order valence-corrected chi connectivity index (χ0v) is 13.0. The first kappa shape index (κ1) is 13.9.